The summed E-state index contributed by atoms with van der Waals surface area (Å²) < 4.78 is 17.4. The molecule has 0 saturated carbocycles. The zero-order valence-electron chi connectivity index (χ0n) is 19.0. The van der Waals surface area contributed by atoms with Crippen molar-refractivity contribution in [3.8, 4) is 17.2 Å². The zero-order chi connectivity index (χ0) is 22.5. The van der Waals surface area contributed by atoms with Crippen LogP contribution >= 0.6 is 0 Å². The summed E-state index contributed by atoms with van der Waals surface area (Å²) >= 11 is 0. The van der Waals surface area contributed by atoms with Crippen molar-refractivity contribution in [2.24, 2.45) is 0 Å². The summed E-state index contributed by atoms with van der Waals surface area (Å²) in [5.41, 5.74) is 2.49. The minimum atomic E-state index is -0.0694. The van der Waals surface area contributed by atoms with Crippen molar-refractivity contribution in [3.05, 3.63) is 71.8 Å². The highest BCUT2D eigenvalue weighted by molar-refractivity contribution is 6.07. The second kappa shape index (κ2) is 13.3. The fourth-order valence-electron chi connectivity index (χ4n) is 2.95. The van der Waals surface area contributed by atoms with Crippen LogP contribution in [0.5, 0.6) is 17.2 Å². The number of hydrogen-bond donors (Lipinski definition) is 0. The van der Waals surface area contributed by atoms with Crippen molar-refractivity contribution in [2.45, 2.75) is 46.5 Å². The van der Waals surface area contributed by atoms with E-state index in [1.165, 1.54) is 0 Å². The van der Waals surface area contributed by atoms with E-state index in [1.54, 1.807) is 18.2 Å². The van der Waals surface area contributed by atoms with Gasteiger partial charge in [0, 0.05) is 17.2 Å². The molecule has 0 aliphatic rings. The minimum absolute atomic E-state index is 0.0694. The van der Waals surface area contributed by atoms with E-state index in [0.29, 0.717) is 37.6 Å². The van der Waals surface area contributed by atoms with Crippen molar-refractivity contribution >= 4 is 11.9 Å². The number of ether oxygens (including phenoxy) is 3. The van der Waals surface area contributed by atoms with Crippen LogP contribution in [-0.2, 0) is 6.42 Å². The summed E-state index contributed by atoms with van der Waals surface area (Å²) in [4.78, 5) is 12.7. The molecule has 0 aliphatic heterocycles. The van der Waals surface area contributed by atoms with Crippen LogP contribution in [0.1, 0.15) is 61.5 Å². The summed E-state index contributed by atoms with van der Waals surface area (Å²) in [5.74, 6) is 2.22. The predicted molar refractivity (Wildman–Crippen MR) is 128 cm³/mol. The zero-order valence-corrected chi connectivity index (χ0v) is 19.0. The second-order valence-electron chi connectivity index (χ2n) is 7.26. The molecule has 0 amide bonds. The smallest absolute Gasteiger partial charge is 0.185 e. The molecule has 0 unspecified atom stereocenters. The molecular weight excluding hydrogens is 388 g/mol. The van der Waals surface area contributed by atoms with Crippen LogP contribution in [0.3, 0.4) is 0 Å². The van der Waals surface area contributed by atoms with E-state index in [-0.39, 0.29) is 5.78 Å². The van der Waals surface area contributed by atoms with Gasteiger partial charge < -0.3 is 14.2 Å². The fourth-order valence-corrected chi connectivity index (χ4v) is 2.95. The highest BCUT2D eigenvalue weighted by Crippen LogP contribution is 2.31. The molecule has 166 valence electrons. The molecule has 2 aromatic carbocycles. The maximum absolute atomic E-state index is 12.7. The van der Waals surface area contributed by atoms with Gasteiger partial charge in [-0.05, 0) is 73.7 Å². The average molecular weight is 423 g/mol. The molecule has 0 bridgehead atoms. The van der Waals surface area contributed by atoms with E-state index in [1.807, 2.05) is 36.4 Å². The summed E-state index contributed by atoms with van der Waals surface area (Å²) in [6, 6.07) is 11.2. The molecule has 4 nitrogen and oxygen atoms in total. The van der Waals surface area contributed by atoms with Crippen molar-refractivity contribution in [1.29, 1.82) is 0 Å². The highest BCUT2D eigenvalue weighted by atomic mass is 16.5. The summed E-state index contributed by atoms with van der Waals surface area (Å²) in [5, 5.41) is 0. The largest absolute Gasteiger partial charge is 0.494 e. The van der Waals surface area contributed by atoms with E-state index < -0.39 is 0 Å². The number of ketones is 1. The topological polar surface area (TPSA) is 44.8 Å². The van der Waals surface area contributed by atoms with Gasteiger partial charge in [0.2, 0.25) is 0 Å². The molecule has 0 spiro atoms. The van der Waals surface area contributed by atoms with Crippen LogP contribution in [0.15, 0.2) is 55.1 Å². The Morgan fingerprint density at radius 3 is 2.10 bits per heavy atom. The second-order valence-corrected chi connectivity index (χ2v) is 7.26. The molecule has 0 saturated heterocycles. The third-order valence-corrected chi connectivity index (χ3v) is 4.51. The Kier molecular flexibility index (Phi) is 10.4. The van der Waals surface area contributed by atoms with Crippen LogP contribution in [0.25, 0.3) is 6.08 Å². The van der Waals surface area contributed by atoms with Crippen molar-refractivity contribution < 1.29 is 19.0 Å². The Morgan fingerprint density at radius 2 is 1.48 bits per heavy atom. The Hall–Kier alpha value is -3.01. The van der Waals surface area contributed by atoms with Crippen LogP contribution in [-0.4, -0.2) is 25.6 Å². The molecule has 2 rings (SSSR count). The summed E-state index contributed by atoms with van der Waals surface area (Å²) in [6.07, 6.45) is 8.70. The quantitative estimate of drug-likeness (QED) is 0.194. The van der Waals surface area contributed by atoms with Gasteiger partial charge in [-0.15, -0.1) is 6.58 Å². The van der Waals surface area contributed by atoms with Crippen molar-refractivity contribution in [3.63, 3.8) is 0 Å². The molecular formula is C27H34O4. The molecule has 0 heterocycles. The summed E-state index contributed by atoms with van der Waals surface area (Å²) in [7, 11) is 0. The number of benzene rings is 2. The Balaban J connectivity index is 2.27. The molecule has 0 atom stereocenters. The third-order valence-electron chi connectivity index (χ3n) is 4.51. The Labute approximate surface area is 186 Å². The van der Waals surface area contributed by atoms with Gasteiger partial charge in [0.15, 0.2) is 5.78 Å². The van der Waals surface area contributed by atoms with E-state index >= 15 is 0 Å². The molecule has 31 heavy (non-hydrogen) atoms. The number of rotatable bonds is 14. The van der Waals surface area contributed by atoms with Gasteiger partial charge in [0.1, 0.15) is 17.2 Å². The van der Waals surface area contributed by atoms with Gasteiger partial charge in [0.25, 0.3) is 0 Å². The van der Waals surface area contributed by atoms with Crippen LogP contribution in [0, 0.1) is 0 Å². The molecule has 0 aromatic heterocycles. The van der Waals surface area contributed by atoms with Crippen LogP contribution in [0.2, 0.25) is 0 Å². The third kappa shape index (κ3) is 7.63. The van der Waals surface area contributed by atoms with Crippen molar-refractivity contribution in [2.75, 3.05) is 19.8 Å². The minimum Gasteiger partial charge on any atom is -0.494 e. The van der Waals surface area contributed by atoms with Crippen LogP contribution < -0.4 is 14.2 Å². The highest BCUT2D eigenvalue weighted by Gasteiger charge is 2.11. The lowest BCUT2D eigenvalue weighted by molar-refractivity contribution is 0.104. The van der Waals surface area contributed by atoms with Gasteiger partial charge in [-0.1, -0.05) is 26.8 Å². The fraction of sp³-hybridized carbons (Fsp3) is 0.370. The lowest BCUT2D eigenvalue weighted by atomic mass is 10.0. The van der Waals surface area contributed by atoms with Gasteiger partial charge in [0.05, 0.1) is 19.8 Å². The SMILES string of the molecule is C=CCc1cc(/C=C/C(=O)c2ccc(OCCC)cc2)c(OCCC)cc1OCCC. The monoisotopic (exact) mass is 422 g/mol. The Morgan fingerprint density at radius 1 is 0.871 bits per heavy atom. The van der Waals surface area contributed by atoms with Crippen LogP contribution in [0.4, 0.5) is 0 Å². The molecule has 4 heteroatoms. The van der Waals surface area contributed by atoms with Crippen molar-refractivity contribution in [1.82, 2.24) is 0 Å². The normalized spacial score (nSPS) is 10.8. The van der Waals surface area contributed by atoms with E-state index in [0.717, 1.165) is 41.9 Å². The molecule has 2 aromatic rings. The maximum atomic E-state index is 12.7. The van der Waals surface area contributed by atoms with E-state index in [9.17, 15) is 4.79 Å². The average Bonchev–Trinajstić information content (AvgIpc) is 2.80. The lowest BCUT2D eigenvalue weighted by Crippen LogP contribution is -2.03. The Bertz CT molecular complexity index is 866. The summed E-state index contributed by atoms with van der Waals surface area (Å²) in [6.45, 7) is 12.0. The van der Waals surface area contributed by atoms with E-state index in [2.05, 4.69) is 27.4 Å². The first-order chi connectivity index (χ1) is 15.1. The number of hydrogen-bond acceptors (Lipinski definition) is 4. The molecule has 0 aliphatic carbocycles. The van der Waals surface area contributed by atoms with E-state index in [4.69, 9.17) is 14.2 Å². The van der Waals surface area contributed by atoms with Gasteiger partial charge >= 0.3 is 0 Å². The number of carbonyl (C=O) groups is 1. The van der Waals surface area contributed by atoms with Gasteiger partial charge in [-0.3, -0.25) is 4.79 Å². The predicted octanol–water partition coefficient (Wildman–Crippen LogP) is 6.68. The maximum Gasteiger partial charge on any atom is 0.185 e. The number of carbonyl (C=O) groups excluding carboxylic acids is 1. The molecule has 0 fully saturated rings. The lowest BCUT2D eigenvalue weighted by Gasteiger charge is -2.15. The first kappa shape index (κ1) is 24.3. The first-order valence-corrected chi connectivity index (χ1v) is 11.1. The van der Waals surface area contributed by atoms with Gasteiger partial charge in [-0.25, -0.2) is 0 Å². The number of allylic oxidation sites excluding steroid dienone is 2. The van der Waals surface area contributed by atoms with Gasteiger partial charge in [-0.2, -0.15) is 0 Å². The standard InChI is InChI=1S/C27H34O4/c1-5-9-22-19-23(27(31-18-8-4)20-26(22)30-17-7-3)12-15-25(28)21-10-13-24(14-11-21)29-16-6-2/h5,10-15,19-20H,1,6-9,16-18H2,2-4H3/b15-12+. The molecule has 0 radical (unpaired) electrons. The molecule has 0 N–H and O–H groups in total. The first-order valence-electron chi connectivity index (χ1n) is 11.1.